The Morgan fingerprint density at radius 2 is 2.20 bits per heavy atom. The third kappa shape index (κ3) is 2.86. The van der Waals surface area contributed by atoms with Gasteiger partial charge in [-0.05, 0) is 50.7 Å². The van der Waals surface area contributed by atoms with E-state index in [1.807, 2.05) is 6.92 Å². The number of aryl methyl sites for hydroxylation is 1. The van der Waals surface area contributed by atoms with Crippen molar-refractivity contribution in [2.45, 2.75) is 63.5 Å². The van der Waals surface area contributed by atoms with E-state index in [4.69, 9.17) is 0 Å². The standard InChI is InChI=1S/C14H22N4OS/c1-10-12(20-18-17-10)13(19)16-11-5-8-15-14(9-11)6-3-2-4-7-14/h11,15H,2-9H2,1H3,(H,16,19). The second kappa shape index (κ2) is 5.77. The van der Waals surface area contributed by atoms with Crippen LogP contribution in [0.25, 0.3) is 0 Å². The van der Waals surface area contributed by atoms with E-state index in [0.717, 1.165) is 25.1 Å². The maximum atomic E-state index is 12.3. The molecule has 5 nitrogen and oxygen atoms in total. The summed E-state index contributed by atoms with van der Waals surface area (Å²) in [5.74, 6) is -0.00430. The van der Waals surface area contributed by atoms with Crippen LogP contribution >= 0.6 is 11.5 Å². The summed E-state index contributed by atoms with van der Waals surface area (Å²) in [4.78, 5) is 12.9. The van der Waals surface area contributed by atoms with E-state index in [2.05, 4.69) is 20.2 Å². The Balaban J connectivity index is 1.63. The van der Waals surface area contributed by atoms with Crippen LogP contribution in [0.2, 0.25) is 0 Å². The Kier molecular flexibility index (Phi) is 4.03. The number of piperidine rings is 1. The zero-order valence-corrected chi connectivity index (χ0v) is 12.8. The molecule has 1 aliphatic carbocycles. The molecule has 0 radical (unpaired) electrons. The second-order valence-electron chi connectivity index (χ2n) is 6.12. The Bertz CT molecular complexity index is 476. The molecule has 110 valence electrons. The van der Waals surface area contributed by atoms with E-state index in [1.165, 1.54) is 43.6 Å². The molecule has 1 amide bonds. The molecule has 1 unspecified atom stereocenters. The number of carbonyl (C=O) groups excluding carboxylic acids is 1. The summed E-state index contributed by atoms with van der Waals surface area (Å²) in [5, 5.41) is 10.8. The fraction of sp³-hybridized carbons (Fsp3) is 0.786. The largest absolute Gasteiger partial charge is 0.348 e. The van der Waals surface area contributed by atoms with Gasteiger partial charge in [-0.2, -0.15) is 0 Å². The quantitative estimate of drug-likeness (QED) is 0.876. The van der Waals surface area contributed by atoms with E-state index >= 15 is 0 Å². The molecule has 1 aliphatic heterocycles. The third-order valence-corrected chi connectivity index (χ3v) is 5.46. The van der Waals surface area contributed by atoms with Gasteiger partial charge in [-0.25, -0.2) is 0 Å². The van der Waals surface area contributed by atoms with Gasteiger partial charge in [0.25, 0.3) is 5.91 Å². The molecule has 1 atom stereocenters. The van der Waals surface area contributed by atoms with Gasteiger partial charge in [0.1, 0.15) is 4.88 Å². The molecule has 1 aromatic rings. The highest BCUT2D eigenvalue weighted by molar-refractivity contribution is 7.08. The number of hydrogen-bond donors (Lipinski definition) is 2. The van der Waals surface area contributed by atoms with Gasteiger partial charge >= 0.3 is 0 Å². The molecule has 1 spiro atoms. The van der Waals surface area contributed by atoms with Crippen LogP contribution < -0.4 is 10.6 Å². The molecule has 2 aliphatic rings. The van der Waals surface area contributed by atoms with Crippen LogP contribution in [0.3, 0.4) is 0 Å². The second-order valence-corrected chi connectivity index (χ2v) is 6.87. The lowest BCUT2D eigenvalue weighted by atomic mass is 9.75. The molecular formula is C14H22N4OS. The molecule has 3 rings (SSSR count). The van der Waals surface area contributed by atoms with Crippen molar-refractivity contribution in [3.63, 3.8) is 0 Å². The molecule has 6 heteroatoms. The highest BCUT2D eigenvalue weighted by Crippen LogP contribution is 2.34. The van der Waals surface area contributed by atoms with Crippen molar-refractivity contribution in [1.29, 1.82) is 0 Å². The summed E-state index contributed by atoms with van der Waals surface area (Å²) in [7, 11) is 0. The van der Waals surface area contributed by atoms with Crippen LogP contribution in [-0.2, 0) is 0 Å². The van der Waals surface area contributed by atoms with Crippen LogP contribution in [0.5, 0.6) is 0 Å². The van der Waals surface area contributed by atoms with Crippen molar-refractivity contribution in [3.8, 4) is 0 Å². The van der Waals surface area contributed by atoms with E-state index < -0.39 is 0 Å². The highest BCUT2D eigenvalue weighted by Gasteiger charge is 2.37. The number of hydrogen-bond acceptors (Lipinski definition) is 5. The Morgan fingerprint density at radius 3 is 2.90 bits per heavy atom. The SMILES string of the molecule is Cc1nnsc1C(=O)NC1CCNC2(CCCCC2)C1. The van der Waals surface area contributed by atoms with Crippen LogP contribution in [0.15, 0.2) is 0 Å². The van der Waals surface area contributed by atoms with Crippen molar-refractivity contribution in [2.75, 3.05) is 6.54 Å². The summed E-state index contributed by atoms with van der Waals surface area (Å²) in [6.45, 7) is 2.84. The fourth-order valence-electron chi connectivity index (χ4n) is 3.58. The lowest BCUT2D eigenvalue weighted by Crippen LogP contribution is -2.57. The van der Waals surface area contributed by atoms with Crippen molar-refractivity contribution >= 4 is 17.4 Å². The van der Waals surface area contributed by atoms with Gasteiger partial charge in [-0.1, -0.05) is 23.8 Å². The average Bonchev–Trinajstić information content (AvgIpc) is 2.86. The number of aromatic nitrogens is 2. The van der Waals surface area contributed by atoms with Gasteiger partial charge in [0.15, 0.2) is 0 Å². The first kappa shape index (κ1) is 13.9. The first-order chi connectivity index (χ1) is 9.69. The summed E-state index contributed by atoms with van der Waals surface area (Å²) in [5.41, 5.74) is 1.00. The van der Waals surface area contributed by atoms with Crippen LogP contribution in [-0.4, -0.2) is 33.6 Å². The first-order valence-corrected chi connectivity index (χ1v) is 8.31. The molecule has 2 fully saturated rings. The summed E-state index contributed by atoms with van der Waals surface area (Å²) < 4.78 is 3.84. The Labute approximate surface area is 123 Å². The van der Waals surface area contributed by atoms with Gasteiger partial charge in [-0.15, -0.1) is 5.10 Å². The molecule has 0 aromatic carbocycles. The summed E-state index contributed by atoms with van der Waals surface area (Å²) >= 11 is 1.18. The van der Waals surface area contributed by atoms with Crippen LogP contribution in [0.4, 0.5) is 0 Å². The van der Waals surface area contributed by atoms with Crippen LogP contribution in [0.1, 0.15) is 60.3 Å². The first-order valence-electron chi connectivity index (χ1n) is 7.53. The summed E-state index contributed by atoms with van der Waals surface area (Å²) in [6.07, 6.45) is 8.55. The molecule has 1 saturated heterocycles. The van der Waals surface area contributed by atoms with Gasteiger partial charge in [-0.3, -0.25) is 4.79 Å². The number of carbonyl (C=O) groups is 1. The predicted molar refractivity (Wildman–Crippen MR) is 79.0 cm³/mol. The molecular weight excluding hydrogens is 272 g/mol. The molecule has 0 bridgehead atoms. The molecule has 20 heavy (non-hydrogen) atoms. The zero-order valence-electron chi connectivity index (χ0n) is 11.9. The van der Waals surface area contributed by atoms with Crippen molar-refractivity contribution in [1.82, 2.24) is 20.2 Å². The predicted octanol–water partition coefficient (Wildman–Crippen LogP) is 2.03. The van der Waals surface area contributed by atoms with E-state index in [-0.39, 0.29) is 17.5 Å². The maximum Gasteiger partial charge on any atom is 0.265 e. The Morgan fingerprint density at radius 1 is 1.40 bits per heavy atom. The van der Waals surface area contributed by atoms with E-state index in [1.54, 1.807) is 0 Å². The minimum atomic E-state index is -0.00430. The molecule has 2 heterocycles. The number of rotatable bonds is 2. The lowest BCUT2D eigenvalue weighted by Gasteiger charge is -2.44. The fourth-order valence-corrected chi connectivity index (χ4v) is 4.14. The smallest absolute Gasteiger partial charge is 0.265 e. The summed E-state index contributed by atoms with van der Waals surface area (Å²) in [6, 6.07) is 0.281. The number of nitrogens with one attached hydrogen (secondary N) is 2. The zero-order chi connectivity index (χ0) is 14.0. The van der Waals surface area contributed by atoms with E-state index in [0.29, 0.717) is 4.88 Å². The van der Waals surface area contributed by atoms with E-state index in [9.17, 15) is 4.79 Å². The third-order valence-electron chi connectivity index (χ3n) is 4.63. The van der Waals surface area contributed by atoms with Crippen molar-refractivity contribution < 1.29 is 4.79 Å². The molecule has 1 aromatic heterocycles. The van der Waals surface area contributed by atoms with Gasteiger partial charge in [0.2, 0.25) is 0 Å². The minimum absolute atomic E-state index is 0.00430. The topological polar surface area (TPSA) is 66.9 Å². The lowest BCUT2D eigenvalue weighted by molar-refractivity contribution is 0.0896. The normalized spacial score (nSPS) is 25.6. The van der Waals surface area contributed by atoms with Crippen molar-refractivity contribution in [2.24, 2.45) is 0 Å². The van der Waals surface area contributed by atoms with Crippen LogP contribution in [0, 0.1) is 6.92 Å². The number of nitrogens with zero attached hydrogens (tertiary/aromatic N) is 2. The van der Waals surface area contributed by atoms with Crippen molar-refractivity contribution in [3.05, 3.63) is 10.6 Å². The molecule has 2 N–H and O–H groups in total. The van der Waals surface area contributed by atoms with Gasteiger partial charge in [0, 0.05) is 11.6 Å². The average molecular weight is 294 g/mol. The van der Waals surface area contributed by atoms with Gasteiger partial charge in [0.05, 0.1) is 5.69 Å². The highest BCUT2D eigenvalue weighted by atomic mass is 32.1. The van der Waals surface area contributed by atoms with Gasteiger partial charge < -0.3 is 10.6 Å². The minimum Gasteiger partial charge on any atom is -0.348 e. The maximum absolute atomic E-state index is 12.3. The Hall–Kier alpha value is -1.01. The number of amides is 1. The molecule has 1 saturated carbocycles. The monoisotopic (exact) mass is 294 g/mol.